The Hall–Kier alpha value is -2.24. The maximum Gasteiger partial charge on any atom is 0.161 e. The van der Waals surface area contributed by atoms with E-state index >= 15 is 0 Å². The van der Waals surface area contributed by atoms with E-state index in [0.29, 0.717) is 0 Å². The molecule has 0 aliphatic heterocycles. The van der Waals surface area contributed by atoms with Crippen LogP contribution in [0.25, 0.3) is 0 Å². The predicted molar refractivity (Wildman–Crippen MR) is 129 cm³/mol. The molecule has 0 atom stereocenters. The number of aliphatic hydroxyl groups is 1. The highest BCUT2D eigenvalue weighted by atomic mass is 16.5. The molecular formula is C27H39NO4. The molecule has 0 bridgehead atoms. The van der Waals surface area contributed by atoms with Crippen LogP contribution in [0.15, 0.2) is 36.4 Å². The lowest BCUT2D eigenvalue weighted by molar-refractivity contribution is 0.0131. The first-order valence-corrected chi connectivity index (χ1v) is 11.8. The number of aryl methyl sites for hydroxylation is 2. The largest absolute Gasteiger partial charge is 0.497 e. The van der Waals surface area contributed by atoms with Gasteiger partial charge in [0.15, 0.2) is 11.5 Å². The van der Waals surface area contributed by atoms with Gasteiger partial charge >= 0.3 is 0 Å². The quantitative estimate of drug-likeness (QED) is 0.514. The van der Waals surface area contributed by atoms with E-state index in [0.717, 1.165) is 81.8 Å². The van der Waals surface area contributed by atoms with E-state index < -0.39 is 5.60 Å². The van der Waals surface area contributed by atoms with Gasteiger partial charge in [-0.2, -0.15) is 0 Å². The summed E-state index contributed by atoms with van der Waals surface area (Å²) in [7, 11) is 5.05. The summed E-state index contributed by atoms with van der Waals surface area (Å²) < 4.78 is 16.3. The van der Waals surface area contributed by atoms with E-state index in [1.165, 1.54) is 16.7 Å². The average Bonchev–Trinajstić information content (AvgIpc) is 2.99. The third-order valence-corrected chi connectivity index (χ3v) is 6.84. The Bertz CT molecular complexity index is 832. The molecule has 0 radical (unpaired) electrons. The molecule has 1 N–H and O–H groups in total. The third kappa shape index (κ3) is 6.39. The number of methoxy groups -OCH3 is 3. The molecule has 0 fully saturated rings. The number of ether oxygens (including phenoxy) is 3. The number of nitrogens with zero attached hydrogens (tertiary/aromatic N) is 1. The topological polar surface area (TPSA) is 51.2 Å². The average molecular weight is 442 g/mol. The minimum atomic E-state index is -0.605. The smallest absolute Gasteiger partial charge is 0.161 e. The van der Waals surface area contributed by atoms with Crippen LogP contribution in [0.5, 0.6) is 17.2 Å². The molecule has 0 saturated heterocycles. The molecule has 176 valence electrons. The van der Waals surface area contributed by atoms with Crippen molar-refractivity contribution in [2.24, 2.45) is 0 Å². The Morgan fingerprint density at radius 3 is 2.12 bits per heavy atom. The number of fused-ring (bicyclic) bond motifs is 1. The second kappa shape index (κ2) is 11.6. The van der Waals surface area contributed by atoms with E-state index in [1.807, 2.05) is 6.07 Å². The third-order valence-electron chi connectivity index (χ3n) is 6.84. The van der Waals surface area contributed by atoms with Gasteiger partial charge in [0.25, 0.3) is 0 Å². The summed E-state index contributed by atoms with van der Waals surface area (Å²) in [6.07, 6.45) is 6.19. The summed E-state index contributed by atoms with van der Waals surface area (Å²) in [5.41, 5.74) is 3.24. The van der Waals surface area contributed by atoms with Crippen LogP contribution in [0, 0.1) is 0 Å². The summed E-state index contributed by atoms with van der Waals surface area (Å²) in [6, 6.07) is 12.5. The normalized spacial score (nSPS) is 15.2. The molecule has 0 heterocycles. The van der Waals surface area contributed by atoms with Crippen molar-refractivity contribution in [3.8, 4) is 17.2 Å². The number of hydrogen-bond acceptors (Lipinski definition) is 5. The van der Waals surface area contributed by atoms with Crippen LogP contribution in [0.3, 0.4) is 0 Å². The van der Waals surface area contributed by atoms with E-state index in [-0.39, 0.29) is 0 Å². The van der Waals surface area contributed by atoms with Crippen LogP contribution in [0.1, 0.15) is 49.3 Å². The zero-order valence-electron chi connectivity index (χ0n) is 20.2. The number of benzene rings is 2. The first-order chi connectivity index (χ1) is 15.5. The van der Waals surface area contributed by atoms with Crippen molar-refractivity contribution in [3.05, 3.63) is 53.1 Å². The van der Waals surface area contributed by atoms with Crippen LogP contribution in [0.4, 0.5) is 0 Å². The lowest BCUT2D eigenvalue weighted by Gasteiger charge is -2.28. The molecule has 3 rings (SSSR count). The summed E-state index contributed by atoms with van der Waals surface area (Å²) in [5.74, 6) is 2.45. The van der Waals surface area contributed by atoms with E-state index in [4.69, 9.17) is 14.2 Å². The zero-order chi connectivity index (χ0) is 23.0. The number of rotatable bonds is 11. The monoisotopic (exact) mass is 441 g/mol. The molecular weight excluding hydrogens is 402 g/mol. The van der Waals surface area contributed by atoms with Gasteiger partial charge in [-0.05, 0) is 99.0 Å². The highest BCUT2D eigenvalue weighted by molar-refractivity contribution is 5.48. The van der Waals surface area contributed by atoms with Crippen LogP contribution >= 0.6 is 0 Å². The van der Waals surface area contributed by atoms with Crippen LogP contribution in [0.2, 0.25) is 0 Å². The molecule has 5 heteroatoms. The van der Waals surface area contributed by atoms with Gasteiger partial charge < -0.3 is 24.2 Å². The fraction of sp³-hybridized carbons (Fsp3) is 0.556. The molecule has 1 aliphatic carbocycles. The minimum Gasteiger partial charge on any atom is -0.497 e. The Morgan fingerprint density at radius 2 is 1.56 bits per heavy atom. The van der Waals surface area contributed by atoms with E-state index in [9.17, 15) is 5.11 Å². The van der Waals surface area contributed by atoms with Gasteiger partial charge in [0.05, 0.1) is 26.9 Å². The molecule has 32 heavy (non-hydrogen) atoms. The van der Waals surface area contributed by atoms with Gasteiger partial charge in [0.2, 0.25) is 0 Å². The molecule has 0 unspecified atom stereocenters. The summed E-state index contributed by atoms with van der Waals surface area (Å²) in [4.78, 5) is 2.48. The van der Waals surface area contributed by atoms with Gasteiger partial charge in [-0.1, -0.05) is 19.1 Å². The maximum atomic E-state index is 11.3. The minimum absolute atomic E-state index is 0.605. The predicted octanol–water partition coefficient (Wildman–Crippen LogP) is 4.67. The van der Waals surface area contributed by atoms with Crippen molar-refractivity contribution in [1.29, 1.82) is 0 Å². The van der Waals surface area contributed by atoms with Gasteiger partial charge in [0.1, 0.15) is 5.75 Å². The molecule has 2 aromatic rings. The van der Waals surface area contributed by atoms with Crippen molar-refractivity contribution >= 4 is 0 Å². The second-order valence-electron chi connectivity index (χ2n) is 8.84. The molecule has 0 aromatic heterocycles. The lowest BCUT2D eigenvalue weighted by atomic mass is 9.89. The molecule has 0 spiro atoms. The Balaban J connectivity index is 1.50. The summed E-state index contributed by atoms with van der Waals surface area (Å²) >= 11 is 0. The molecule has 0 amide bonds. The van der Waals surface area contributed by atoms with Gasteiger partial charge in [-0.15, -0.1) is 0 Å². The van der Waals surface area contributed by atoms with E-state index in [1.54, 1.807) is 21.3 Å². The molecule has 1 aliphatic rings. The maximum absolute atomic E-state index is 11.3. The van der Waals surface area contributed by atoms with Crippen molar-refractivity contribution in [3.63, 3.8) is 0 Å². The fourth-order valence-electron chi connectivity index (χ4n) is 4.71. The second-order valence-corrected chi connectivity index (χ2v) is 8.84. The molecule has 0 saturated carbocycles. The standard InChI is InChI=1S/C27H39NO4/c1-5-28(17-12-21-8-6-9-24(18-21)30-2)16-7-13-27(29)14-10-22-19-25(31-3)26(32-4)20-23(22)11-15-27/h6,8-9,18-20,29H,5,7,10-17H2,1-4H3. The van der Waals surface area contributed by atoms with Gasteiger partial charge in [-0.3, -0.25) is 0 Å². The van der Waals surface area contributed by atoms with Crippen LogP contribution in [-0.2, 0) is 19.3 Å². The van der Waals surface area contributed by atoms with Crippen molar-refractivity contribution < 1.29 is 19.3 Å². The summed E-state index contributed by atoms with van der Waals surface area (Å²) in [6.45, 7) is 5.27. The Morgan fingerprint density at radius 1 is 0.906 bits per heavy atom. The highest BCUT2D eigenvalue weighted by Gasteiger charge is 2.30. The fourth-order valence-corrected chi connectivity index (χ4v) is 4.71. The first kappa shape index (κ1) is 24.4. The summed E-state index contributed by atoms with van der Waals surface area (Å²) in [5, 5.41) is 11.3. The molecule has 2 aromatic carbocycles. The van der Waals surface area contributed by atoms with Gasteiger partial charge in [0, 0.05) is 6.54 Å². The Labute approximate surface area is 193 Å². The first-order valence-electron chi connectivity index (χ1n) is 11.8. The van der Waals surface area contributed by atoms with Crippen molar-refractivity contribution in [2.75, 3.05) is 41.0 Å². The molecule has 5 nitrogen and oxygen atoms in total. The number of likely N-dealkylation sites (N-methyl/N-ethyl adjacent to an activating group) is 1. The zero-order valence-corrected chi connectivity index (χ0v) is 20.2. The van der Waals surface area contributed by atoms with Crippen molar-refractivity contribution in [1.82, 2.24) is 4.90 Å². The SMILES string of the molecule is CCN(CCCC1(O)CCc2cc(OC)c(OC)cc2CC1)CCc1cccc(OC)c1. The van der Waals surface area contributed by atoms with Crippen LogP contribution < -0.4 is 14.2 Å². The van der Waals surface area contributed by atoms with E-state index in [2.05, 4.69) is 42.2 Å². The van der Waals surface area contributed by atoms with Crippen LogP contribution in [-0.4, -0.2) is 56.6 Å². The highest BCUT2D eigenvalue weighted by Crippen LogP contribution is 2.37. The number of hydrogen-bond donors (Lipinski definition) is 1. The Kier molecular flexibility index (Phi) is 8.83. The van der Waals surface area contributed by atoms with Gasteiger partial charge in [-0.25, -0.2) is 0 Å². The van der Waals surface area contributed by atoms with Crippen molar-refractivity contribution in [2.45, 2.75) is 57.5 Å². The lowest BCUT2D eigenvalue weighted by Crippen LogP contribution is -2.32.